The Kier molecular flexibility index (Phi) is 6.17. The van der Waals surface area contributed by atoms with Gasteiger partial charge in [-0.15, -0.1) is 0 Å². The zero-order valence-corrected chi connectivity index (χ0v) is 17.2. The molecular formula is C25H23FN4O. The van der Waals surface area contributed by atoms with Crippen molar-refractivity contribution < 1.29 is 4.39 Å². The van der Waals surface area contributed by atoms with Crippen LogP contribution in [0.1, 0.15) is 24.8 Å². The number of aromatic amines is 1. The Labute approximate surface area is 180 Å². The van der Waals surface area contributed by atoms with Crippen molar-refractivity contribution in [2.75, 3.05) is 11.9 Å². The number of anilines is 1. The molecule has 0 saturated carbocycles. The highest BCUT2D eigenvalue weighted by Gasteiger charge is 2.16. The standard InChI is InChI=1S/C25H23FN4O/c1-17(18-5-3-2-4-6-18)11-16-28-25-29-23(20-12-14-27-15-13-20)22(24(31)30-25)19-7-9-21(26)10-8-19/h2-10,12-15,17H,11,16H2,1H3,(H2,28,29,30,31). The van der Waals surface area contributed by atoms with Crippen LogP contribution in [0.5, 0.6) is 0 Å². The van der Waals surface area contributed by atoms with E-state index in [0.717, 1.165) is 12.0 Å². The zero-order chi connectivity index (χ0) is 21.6. The molecule has 0 radical (unpaired) electrons. The van der Waals surface area contributed by atoms with Crippen LogP contribution >= 0.6 is 0 Å². The summed E-state index contributed by atoms with van der Waals surface area (Å²) >= 11 is 0. The highest BCUT2D eigenvalue weighted by atomic mass is 19.1. The molecule has 0 spiro atoms. The predicted molar refractivity (Wildman–Crippen MR) is 121 cm³/mol. The molecule has 5 nitrogen and oxygen atoms in total. The third-order valence-electron chi connectivity index (χ3n) is 5.24. The van der Waals surface area contributed by atoms with Gasteiger partial charge in [-0.05, 0) is 47.7 Å². The lowest BCUT2D eigenvalue weighted by Crippen LogP contribution is -2.17. The van der Waals surface area contributed by atoms with Crippen molar-refractivity contribution in [3.63, 3.8) is 0 Å². The smallest absolute Gasteiger partial charge is 0.260 e. The van der Waals surface area contributed by atoms with Crippen LogP contribution in [-0.2, 0) is 0 Å². The van der Waals surface area contributed by atoms with Crippen molar-refractivity contribution in [3.05, 3.63) is 101 Å². The van der Waals surface area contributed by atoms with Crippen LogP contribution in [0.25, 0.3) is 22.4 Å². The monoisotopic (exact) mass is 414 g/mol. The van der Waals surface area contributed by atoms with Gasteiger partial charge in [0.05, 0.1) is 11.3 Å². The first-order valence-corrected chi connectivity index (χ1v) is 10.2. The maximum absolute atomic E-state index is 13.4. The number of hydrogen-bond acceptors (Lipinski definition) is 4. The van der Waals surface area contributed by atoms with Crippen molar-refractivity contribution in [1.82, 2.24) is 15.0 Å². The number of nitrogens with zero attached hydrogens (tertiary/aromatic N) is 2. The van der Waals surface area contributed by atoms with Crippen LogP contribution in [0.15, 0.2) is 83.9 Å². The molecule has 0 aliphatic carbocycles. The molecule has 4 aromatic rings. The van der Waals surface area contributed by atoms with E-state index in [2.05, 4.69) is 39.3 Å². The topological polar surface area (TPSA) is 70.7 Å². The summed E-state index contributed by atoms with van der Waals surface area (Å²) in [5.41, 5.74) is 3.28. The SMILES string of the molecule is CC(CCNc1nc(-c2ccncc2)c(-c2ccc(F)cc2)c(=O)[nH]1)c1ccccc1. The van der Waals surface area contributed by atoms with E-state index in [1.807, 2.05) is 18.2 Å². The maximum Gasteiger partial charge on any atom is 0.260 e. The van der Waals surface area contributed by atoms with Crippen LogP contribution in [0, 0.1) is 5.82 Å². The Morgan fingerprint density at radius 2 is 1.68 bits per heavy atom. The molecule has 0 saturated heterocycles. The van der Waals surface area contributed by atoms with Gasteiger partial charge in [0, 0.05) is 24.5 Å². The molecule has 1 unspecified atom stereocenters. The van der Waals surface area contributed by atoms with Crippen molar-refractivity contribution >= 4 is 5.95 Å². The van der Waals surface area contributed by atoms with E-state index in [1.165, 1.54) is 17.7 Å². The number of aromatic nitrogens is 3. The minimum absolute atomic E-state index is 0.285. The van der Waals surface area contributed by atoms with E-state index >= 15 is 0 Å². The lowest BCUT2D eigenvalue weighted by Gasteiger charge is -2.14. The lowest BCUT2D eigenvalue weighted by molar-refractivity contribution is 0.628. The molecule has 2 N–H and O–H groups in total. The molecule has 0 aliphatic heterocycles. The van der Waals surface area contributed by atoms with E-state index in [4.69, 9.17) is 0 Å². The number of nitrogens with one attached hydrogen (secondary N) is 2. The predicted octanol–water partition coefficient (Wildman–Crippen LogP) is 5.24. The van der Waals surface area contributed by atoms with Crippen molar-refractivity contribution in [3.8, 4) is 22.4 Å². The molecule has 0 bridgehead atoms. The first-order chi connectivity index (χ1) is 15.1. The van der Waals surface area contributed by atoms with Gasteiger partial charge in [0.15, 0.2) is 0 Å². The van der Waals surface area contributed by atoms with Gasteiger partial charge in [0.1, 0.15) is 5.82 Å². The van der Waals surface area contributed by atoms with Crippen molar-refractivity contribution in [1.29, 1.82) is 0 Å². The Morgan fingerprint density at radius 1 is 0.968 bits per heavy atom. The second-order valence-electron chi connectivity index (χ2n) is 7.41. The highest BCUT2D eigenvalue weighted by molar-refractivity contribution is 5.80. The highest BCUT2D eigenvalue weighted by Crippen LogP contribution is 2.28. The molecule has 1 atom stereocenters. The van der Waals surface area contributed by atoms with E-state index in [0.29, 0.717) is 35.2 Å². The summed E-state index contributed by atoms with van der Waals surface area (Å²) in [6.07, 6.45) is 4.20. The third-order valence-corrected chi connectivity index (χ3v) is 5.24. The summed E-state index contributed by atoms with van der Waals surface area (Å²) in [5.74, 6) is 0.422. The second-order valence-corrected chi connectivity index (χ2v) is 7.41. The fourth-order valence-electron chi connectivity index (χ4n) is 3.52. The molecule has 2 aromatic heterocycles. The van der Waals surface area contributed by atoms with Crippen LogP contribution in [0.2, 0.25) is 0 Å². The average molecular weight is 414 g/mol. The number of pyridine rings is 1. The molecule has 2 aromatic carbocycles. The number of benzene rings is 2. The van der Waals surface area contributed by atoms with Crippen LogP contribution in [0.4, 0.5) is 10.3 Å². The molecular weight excluding hydrogens is 391 g/mol. The maximum atomic E-state index is 13.4. The van der Waals surface area contributed by atoms with Gasteiger partial charge in [-0.3, -0.25) is 14.8 Å². The minimum atomic E-state index is -0.357. The molecule has 31 heavy (non-hydrogen) atoms. The van der Waals surface area contributed by atoms with Gasteiger partial charge in [-0.25, -0.2) is 9.37 Å². The summed E-state index contributed by atoms with van der Waals surface area (Å²) in [7, 11) is 0. The van der Waals surface area contributed by atoms with Gasteiger partial charge in [-0.1, -0.05) is 49.4 Å². The van der Waals surface area contributed by atoms with E-state index in [9.17, 15) is 9.18 Å². The number of hydrogen-bond donors (Lipinski definition) is 2. The number of halogens is 1. The fraction of sp³-hybridized carbons (Fsp3) is 0.160. The van der Waals surface area contributed by atoms with Crippen molar-refractivity contribution in [2.45, 2.75) is 19.3 Å². The molecule has 0 aliphatic rings. The minimum Gasteiger partial charge on any atom is -0.356 e. The largest absolute Gasteiger partial charge is 0.356 e. The van der Waals surface area contributed by atoms with Crippen molar-refractivity contribution in [2.24, 2.45) is 0 Å². The first kappa shape index (κ1) is 20.5. The summed E-state index contributed by atoms with van der Waals surface area (Å²) in [5, 5.41) is 3.24. The molecule has 156 valence electrons. The van der Waals surface area contributed by atoms with E-state index in [1.54, 1.807) is 36.7 Å². The molecule has 0 amide bonds. The molecule has 4 rings (SSSR count). The van der Waals surface area contributed by atoms with E-state index in [-0.39, 0.29) is 11.4 Å². The molecule has 6 heteroatoms. The third kappa shape index (κ3) is 4.86. The summed E-state index contributed by atoms with van der Waals surface area (Å²) in [4.78, 5) is 24.6. The second kappa shape index (κ2) is 9.34. The summed E-state index contributed by atoms with van der Waals surface area (Å²) < 4.78 is 13.4. The Bertz CT molecular complexity index is 1190. The Morgan fingerprint density at radius 3 is 2.39 bits per heavy atom. The molecule has 0 fully saturated rings. The van der Waals surface area contributed by atoms with Gasteiger partial charge in [0.2, 0.25) is 5.95 Å². The van der Waals surface area contributed by atoms with Crippen LogP contribution in [-0.4, -0.2) is 21.5 Å². The Hall–Kier alpha value is -3.80. The van der Waals surface area contributed by atoms with Gasteiger partial charge < -0.3 is 5.32 Å². The van der Waals surface area contributed by atoms with Gasteiger partial charge in [0.25, 0.3) is 5.56 Å². The number of rotatable bonds is 7. The first-order valence-electron chi connectivity index (χ1n) is 10.2. The molecule has 2 heterocycles. The van der Waals surface area contributed by atoms with E-state index < -0.39 is 0 Å². The lowest BCUT2D eigenvalue weighted by atomic mass is 9.98. The van der Waals surface area contributed by atoms with Gasteiger partial charge in [-0.2, -0.15) is 0 Å². The number of H-pyrrole nitrogens is 1. The fourth-order valence-corrected chi connectivity index (χ4v) is 3.52. The zero-order valence-electron chi connectivity index (χ0n) is 17.2. The van der Waals surface area contributed by atoms with Crippen LogP contribution in [0.3, 0.4) is 0 Å². The normalized spacial score (nSPS) is 11.8. The van der Waals surface area contributed by atoms with Gasteiger partial charge >= 0.3 is 0 Å². The summed E-state index contributed by atoms with van der Waals surface area (Å²) in [6, 6.07) is 19.7. The quantitative estimate of drug-likeness (QED) is 0.434. The summed E-state index contributed by atoms with van der Waals surface area (Å²) in [6.45, 7) is 2.83. The Balaban J connectivity index is 1.62. The van der Waals surface area contributed by atoms with Crippen LogP contribution < -0.4 is 10.9 Å². The average Bonchev–Trinajstić information content (AvgIpc) is 2.80.